The Morgan fingerprint density at radius 2 is 2.36 bits per heavy atom. The van der Waals surface area contributed by atoms with Gasteiger partial charge in [0.1, 0.15) is 17.6 Å². The summed E-state index contributed by atoms with van der Waals surface area (Å²) in [7, 11) is 1.67. The molecule has 2 heterocycles. The van der Waals surface area contributed by atoms with Gasteiger partial charge in [-0.05, 0) is 31.5 Å². The Balaban J connectivity index is 1.50. The fourth-order valence-electron chi connectivity index (χ4n) is 3.04. The Kier molecular flexibility index (Phi) is 7.58. The number of ether oxygens (including phenoxy) is 2. The summed E-state index contributed by atoms with van der Waals surface area (Å²) in [5.41, 5.74) is 2.12. The minimum absolute atomic E-state index is 0.0398. The lowest BCUT2D eigenvalue weighted by Crippen LogP contribution is -2.38. The van der Waals surface area contributed by atoms with E-state index < -0.39 is 0 Å². The van der Waals surface area contributed by atoms with Gasteiger partial charge in [0.2, 0.25) is 5.91 Å². The summed E-state index contributed by atoms with van der Waals surface area (Å²) in [5.74, 6) is 2.19. The largest absolute Gasteiger partial charge is 0.497 e. The molecule has 6 nitrogen and oxygen atoms in total. The zero-order valence-electron chi connectivity index (χ0n) is 16.6. The molecule has 2 aromatic rings. The lowest BCUT2D eigenvalue weighted by atomic mass is 10.2. The van der Waals surface area contributed by atoms with Crippen molar-refractivity contribution in [1.29, 1.82) is 0 Å². The van der Waals surface area contributed by atoms with Gasteiger partial charge < -0.3 is 14.8 Å². The molecular formula is C20H27N3O3S2. The van der Waals surface area contributed by atoms with Crippen LogP contribution >= 0.6 is 23.1 Å². The molecule has 1 amide bonds. The number of benzene rings is 1. The number of rotatable bonds is 8. The monoisotopic (exact) mass is 421 g/mol. The van der Waals surface area contributed by atoms with Crippen molar-refractivity contribution >= 4 is 29.0 Å². The van der Waals surface area contributed by atoms with Crippen LogP contribution in [0.3, 0.4) is 0 Å². The molecule has 0 saturated heterocycles. The number of aryl methyl sites for hydroxylation is 1. The van der Waals surface area contributed by atoms with E-state index in [0.717, 1.165) is 53.2 Å². The van der Waals surface area contributed by atoms with Crippen molar-refractivity contribution < 1.29 is 14.3 Å². The molecule has 0 saturated carbocycles. The number of nitrogens with zero attached hydrogens (tertiary/aromatic N) is 2. The Labute approximate surface area is 174 Å². The fourth-order valence-corrected chi connectivity index (χ4v) is 4.72. The second-order valence-electron chi connectivity index (χ2n) is 6.75. The number of methoxy groups -OCH3 is 1. The van der Waals surface area contributed by atoms with Gasteiger partial charge in [-0.25, -0.2) is 4.98 Å². The smallest absolute Gasteiger partial charge is 0.230 e. The van der Waals surface area contributed by atoms with E-state index >= 15 is 0 Å². The number of hydrogen-bond donors (Lipinski definition) is 1. The van der Waals surface area contributed by atoms with Crippen LogP contribution in [0.25, 0.3) is 0 Å². The number of aromatic nitrogens is 1. The fraction of sp³-hybridized carbons (Fsp3) is 0.500. The number of amides is 1. The molecule has 1 aromatic heterocycles. The third kappa shape index (κ3) is 5.86. The van der Waals surface area contributed by atoms with Crippen molar-refractivity contribution in [3.8, 4) is 11.5 Å². The van der Waals surface area contributed by atoms with E-state index in [0.29, 0.717) is 12.3 Å². The van der Waals surface area contributed by atoms with Crippen molar-refractivity contribution in [2.24, 2.45) is 0 Å². The van der Waals surface area contributed by atoms with Gasteiger partial charge in [-0.3, -0.25) is 9.69 Å². The third-order valence-electron chi connectivity index (χ3n) is 4.55. The van der Waals surface area contributed by atoms with Gasteiger partial charge in [-0.2, -0.15) is 0 Å². The molecule has 0 radical (unpaired) electrons. The molecule has 1 aromatic carbocycles. The van der Waals surface area contributed by atoms with Gasteiger partial charge in [0.15, 0.2) is 4.34 Å². The van der Waals surface area contributed by atoms with Crippen LogP contribution in [0.15, 0.2) is 27.9 Å². The predicted molar refractivity (Wildman–Crippen MR) is 114 cm³/mol. The highest BCUT2D eigenvalue weighted by molar-refractivity contribution is 8.01. The lowest BCUT2D eigenvalue weighted by molar-refractivity contribution is -0.118. The van der Waals surface area contributed by atoms with E-state index in [1.54, 1.807) is 18.4 Å². The van der Waals surface area contributed by atoms with Crippen molar-refractivity contribution in [2.45, 2.75) is 37.3 Å². The molecule has 0 bridgehead atoms. The van der Waals surface area contributed by atoms with Crippen LogP contribution in [0.5, 0.6) is 11.5 Å². The highest BCUT2D eigenvalue weighted by Gasteiger charge is 2.22. The van der Waals surface area contributed by atoms with E-state index in [1.807, 2.05) is 30.5 Å². The zero-order chi connectivity index (χ0) is 19.9. The van der Waals surface area contributed by atoms with Crippen molar-refractivity contribution in [3.05, 3.63) is 34.8 Å². The number of thioether (sulfide) groups is 1. The lowest BCUT2D eigenvalue weighted by Gasteiger charge is -2.23. The maximum atomic E-state index is 12.1. The molecule has 1 N–H and O–H groups in total. The Hall–Kier alpha value is -1.77. The van der Waals surface area contributed by atoms with Crippen LogP contribution in [-0.4, -0.2) is 54.4 Å². The molecule has 3 rings (SSSR count). The normalized spacial score (nSPS) is 16.8. The average Bonchev–Trinajstić information content (AvgIpc) is 3.02. The molecule has 0 aliphatic carbocycles. The number of thiazole rings is 1. The minimum atomic E-state index is 0.0398. The summed E-state index contributed by atoms with van der Waals surface area (Å²) in [6.07, 6.45) is 1.09. The maximum absolute atomic E-state index is 12.1. The maximum Gasteiger partial charge on any atom is 0.230 e. The molecule has 8 heteroatoms. The van der Waals surface area contributed by atoms with Gasteiger partial charge in [0.25, 0.3) is 0 Å². The zero-order valence-corrected chi connectivity index (χ0v) is 18.2. The number of hydrogen-bond acceptors (Lipinski definition) is 7. The number of carbonyl (C=O) groups is 1. The highest BCUT2D eigenvalue weighted by Crippen LogP contribution is 2.29. The van der Waals surface area contributed by atoms with E-state index in [1.165, 1.54) is 11.8 Å². The van der Waals surface area contributed by atoms with Crippen molar-refractivity contribution in [2.75, 3.05) is 32.5 Å². The number of fused-ring (bicyclic) bond motifs is 1. The highest BCUT2D eigenvalue weighted by atomic mass is 32.2. The second kappa shape index (κ2) is 10.1. The summed E-state index contributed by atoms with van der Waals surface area (Å²) >= 11 is 3.06. The molecule has 0 fully saturated rings. The number of carbonyl (C=O) groups excluding carboxylic acids is 1. The average molecular weight is 422 g/mol. The SMILES string of the molecule is CC[C@@H]1CN(CCNC(=O)CSc2nc(C)cs2)Cc2cc(OC)ccc2O1. The van der Waals surface area contributed by atoms with Crippen molar-refractivity contribution in [3.63, 3.8) is 0 Å². The van der Waals surface area contributed by atoms with E-state index in [4.69, 9.17) is 9.47 Å². The van der Waals surface area contributed by atoms with Gasteiger partial charge in [-0.1, -0.05) is 18.7 Å². The molecular weight excluding hydrogens is 394 g/mol. The first-order valence-corrected chi connectivity index (χ1v) is 11.3. The van der Waals surface area contributed by atoms with Crippen LogP contribution in [0, 0.1) is 6.92 Å². The Morgan fingerprint density at radius 3 is 3.07 bits per heavy atom. The minimum Gasteiger partial charge on any atom is -0.497 e. The van der Waals surface area contributed by atoms with Gasteiger partial charge in [0, 0.05) is 42.8 Å². The summed E-state index contributed by atoms with van der Waals surface area (Å²) in [4.78, 5) is 18.8. The molecule has 1 atom stereocenters. The molecule has 0 spiro atoms. The molecule has 0 unspecified atom stereocenters. The van der Waals surface area contributed by atoms with Crippen LogP contribution in [0.2, 0.25) is 0 Å². The third-order valence-corrected chi connectivity index (χ3v) is 6.69. The first-order chi connectivity index (χ1) is 13.6. The second-order valence-corrected chi connectivity index (χ2v) is 8.83. The first-order valence-electron chi connectivity index (χ1n) is 9.45. The molecule has 28 heavy (non-hydrogen) atoms. The molecule has 152 valence electrons. The summed E-state index contributed by atoms with van der Waals surface area (Å²) in [6, 6.07) is 5.95. The van der Waals surface area contributed by atoms with Crippen LogP contribution in [-0.2, 0) is 11.3 Å². The van der Waals surface area contributed by atoms with E-state index in [2.05, 4.69) is 22.1 Å². The van der Waals surface area contributed by atoms with Gasteiger partial charge in [-0.15, -0.1) is 11.3 Å². The Morgan fingerprint density at radius 1 is 1.50 bits per heavy atom. The summed E-state index contributed by atoms with van der Waals surface area (Å²) < 4.78 is 12.4. The number of nitrogens with one attached hydrogen (secondary N) is 1. The van der Waals surface area contributed by atoms with Gasteiger partial charge >= 0.3 is 0 Å². The quantitative estimate of drug-likeness (QED) is 0.660. The summed E-state index contributed by atoms with van der Waals surface area (Å²) in [6.45, 7) is 7.12. The predicted octanol–water partition coefficient (Wildman–Crippen LogP) is 3.34. The van der Waals surface area contributed by atoms with Crippen LogP contribution < -0.4 is 14.8 Å². The standard InChI is InChI=1S/C20H27N3O3S2/c1-4-16-11-23(10-15-9-17(25-3)5-6-18(15)26-16)8-7-21-19(24)13-28-20-22-14(2)12-27-20/h5-6,9,12,16H,4,7-8,10-11,13H2,1-3H3,(H,21,24)/t16-/m1/s1. The Bertz CT molecular complexity index is 797. The first kappa shape index (κ1) is 21.0. The van der Waals surface area contributed by atoms with Crippen LogP contribution in [0.4, 0.5) is 0 Å². The van der Waals surface area contributed by atoms with E-state index in [9.17, 15) is 4.79 Å². The topological polar surface area (TPSA) is 63.7 Å². The molecule has 1 aliphatic rings. The molecule has 1 aliphatic heterocycles. The van der Waals surface area contributed by atoms with Crippen molar-refractivity contribution in [1.82, 2.24) is 15.2 Å². The summed E-state index contributed by atoms with van der Waals surface area (Å²) in [5, 5.41) is 5.02. The van der Waals surface area contributed by atoms with Crippen LogP contribution in [0.1, 0.15) is 24.6 Å². The van der Waals surface area contributed by atoms with E-state index in [-0.39, 0.29) is 12.0 Å². The van der Waals surface area contributed by atoms with Gasteiger partial charge in [0.05, 0.1) is 12.9 Å².